The zero-order valence-electron chi connectivity index (χ0n) is 35.2. The summed E-state index contributed by atoms with van der Waals surface area (Å²) in [6, 6.07) is 57.0. The minimum Gasteiger partial charge on any atom is -0.409 e. The molecule has 6 aromatic rings. The molecule has 0 atom stereocenters. The van der Waals surface area contributed by atoms with E-state index in [2.05, 4.69) is 24.3 Å². The van der Waals surface area contributed by atoms with Gasteiger partial charge in [0, 0.05) is 0 Å². The largest absolute Gasteiger partial charge is 3.00 e. The van der Waals surface area contributed by atoms with Crippen LogP contribution in [0.15, 0.2) is 206 Å². The van der Waals surface area contributed by atoms with Gasteiger partial charge in [-0.25, -0.2) is 55.9 Å². The first kappa shape index (κ1) is 61.5. The molecule has 24 heteroatoms. The summed E-state index contributed by atoms with van der Waals surface area (Å²) in [5, 5.41) is 0. The van der Waals surface area contributed by atoms with Crippen LogP contribution in [0.5, 0.6) is 34.5 Å². The van der Waals surface area contributed by atoms with Gasteiger partial charge < -0.3 is 27.1 Å². The Morgan fingerprint density at radius 1 is 0.250 bits per heavy atom. The second-order valence-electron chi connectivity index (χ2n) is 12.1. The van der Waals surface area contributed by atoms with Gasteiger partial charge in [-0.3, -0.25) is 0 Å². The smallest absolute Gasteiger partial charge is 0.409 e. The number of hydrogen-bond donors (Lipinski definition) is 0. The standard InChI is InChI=1S/2C18H15O3P.C8H12.3ClHO4.Rh/c2*1-4-10-16(11-5-1)19-22(20-17-12-6-2-7-13-17)21-18-14-8-3-9-15-18;1-2-4-6-8-7-5-3-1;3*2-1(3,4)5;/h2*1-15H;1-2,7-8H,3-6H2;3*(H,2,3,4,5);/q;;;;;;+3/p-3/b;;2-1-,8-7-;;;;. The first-order chi connectivity index (χ1) is 31.8. The number of hydrogen-bond acceptors (Lipinski definition) is 18. The van der Waals surface area contributed by atoms with Crippen LogP contribution in [0.3, 0.4) is 0 Å². The second kappa shape index (κ2) is 35.6. The second-order valence-corrected chi connectivity index (χ2v) is 16.4. The van der Waals surface area contributed by atoms with Crippen molar-refractivity contribution in [2.45, 2.75) is 25.7 Å². The van der Waals surface area contributed by atoms with Crippen molar-refractivity contribution in [2.75, 3.05) is 0 Å². The molecule has 68 heavy (non-hydrogen) atoms. The maximum atomic E-state index is 8.49. The molecule has 6 aromatic carbocycles. The Balaban J connectivity index is 0.000000465. The van der Waals surface area contributed by atoms with E-state index in [-0.39, 0.29) is 19.5 Å². The van der Waals surface area contributed by atoms with Gasteiger partial charge in [0.2, 0.25) is 0 Å². The maximum absolute atomic E-state index is 8.49. The van der Waals surface area contributed by atoms with E-state index in [1.807, 2.05) is 182 Å². The van der Waals surface area contributed by atoms with Crippen LogP contribution in [0.4, 0.5) is 0 Å². The fourth-order valence-electron chi connectivity index (χ4n) is 4.37. The van der Waals surface area contributed by atoms with E-state index < -0.39 is 47.9 Å². The van der Waals surface area contributed by atoms with Crippen molar-refractivity contribution in [1.82, 2.24) is 0 Å². The molecule has 0 spiro atoms. The fourth-order valence-corrected chi connectivity index (χ4v) is 6.36. The number of halogens is 3. The maximum Gasteiger partial charge on any atom is 3.00 e. The van der Waals surface area contributed by atoms with Crippen molar-refractivity contribution < 1.29 is 133 Å². The summed E-state index contributed by atoms with van der Waals surface area (Å²) >= 11 is 0. The molecular formula is C44H42Cl3O18P2Rh. The number of para-hydroxylation sites is 6. The van der Waals surface area contributed by atoms with E-state index in [1.165, 1.54) is 25.7 Å². The zero-order valence-corrected chi connectivity index (χ0v) is 40.9. The third kappa shape index (κ3) is 39.5. The van der Waals surface area contributed by atoms with Crippen LogP contribution < -0.4 is 83.1 Å². The molecule has 1 aliphatic carbocycles. The average molecular weight is 1130 g/mol. The molecule has 0 N–H and O–H groups in total. The molecule has 1 aliphatic rings. The summed E-state index contributed by atoms with van der Waals surface area (Å²) in [7, 11) is -18.0. The summed E-state index contributed by atoms with van der Waals surface area (Å²) in [4.78, 5) is 0. The zero-order chi connectivity index (χ0) is 49.2. The van der Waals surface area contributed by atoms with Gasteiger partial charge in [-0.1, -0.05) is 133 Å². The van der Waals surface area contributed by atoms with Gasteiger partial charge in [0.15, 0.2) is 0 Å². The fraction of sp³-hybridized carbons (Fsp3) is 0.0909. The number of rotatable bonds is 12. The van der Waals surface area contributed by atoms with Gasteiger partial charge in [0.1, 0.15) is 34.5 Å². The van der Waals surface area contributed by atoms with Gasteiger partial charge in [-0.05, 0) is 98.5 Å². The first-order valence-electron chi connectivity index (χ1n) is 18.9. The van der Waals surface area contributed by atoms with Gasteiger partial charge >= 0.3 is 36.7 Å². The quantitative estimate of drug-likeness (QED) is 0.0831. The van der Waals surface area contributed by atoms with E-state index in [4.69, 9.17) is 83.1 Å². The van der Waals surface area contributed by atoms with E-state index in [0.29, 0.717) is 34.5 Å². The van der Waals surface area contributed by atoms with Crippen LogP contribution in [0.2, 0.25) is 0 Å². The van der Waals surface area contributed by atoms with Crippen molar-refractivity contribution in [3.05, 3.63) is 206 Å². The van der Waals surface area contributed by atoms with Gasteiger partial charge in [0.25, 0.3) is 0 Å². The minimum absolute atomic E-state index is 0. The Morgan fingerprint density at radius 2 is 0.368 bits per heavy atom. The molecule has 0 amide bonds. The van der Waals surface area contributed by atoms with Crippen LogP contribution in [0.1, 0.15) is 25.7 Å². The van der Waals surface area contributed by atoms with E-state index in [9.17, 15) is 0 Å². The Bertz CT molecular complexity index is 1770. The normalized spacial score (nSPS) is 12.6. The summed E-state index contributed by atoms with van der Waals surface area (Å²) < 4.78 is 137. The van der Waals surface area contributed by atoms with Crippen LogP contribution in [0, 0.1) is 30.7 Å². The molecule has 7 rings (SSSR count). The molecule has 18 nitrogen and oxygen atoms in total. The summed E-state index contributed by atoms with van der Waals surface area (Å²) in [6.07, 6.45) is 14.0. The molecule has 0 aromatic heterocycles. The van der Waals surface area contributed by atoms with Crippen LogP contribution >= 0.6 is 17.2 Å². The molecule has 0 saturated carbocycles. The van der Waals surface area contributed by atoms with Gasteiger partial charge in [0.05, 0.1) is 0 Å². The predicted molar refractivity (Wildman–Crippen MR) is 213 cm³/mol. The van der Waals surface area contributed by atoms with Crippen molar-refractivity contribution in [3.63, 3.8) is 0 Å². The Kier molecular flexibility index (Phi) is 32.2. The van der Waals surface area contributed by atoms with Crippen LogP contribution in [-0.4, -0.2) is 0 Å². The monoisotopic (exact) mass is 1130 g/mol. The summed E-state index contributed by atoms with van der Waals surface area (Å²) in [6.45, 7) is 0. The first-order valence-corrected chi connectivity index (χ1v) is 24.8. The van der Waals surface area contributed by atoms with Crippen molar-refractivity contribution in [1.29, 1.82) is 0 Å². The molecular weight excluding hydrogens is 1090 g/mol. The Morgan fingerprint density at radius 3 is 0.485 bits per heavy atom. The SMILES string of the molecule is C1=C\CC/C=C\CC/1.[O-][Cl+3]([O-])([O-])[O-].[O-][Cl+3]([O-])([O-])[O-].[O-][Cl+3]([O-])([O-])[O-].[Rh+3].c1ccc(OP(Oc2ccccc2)Oc2ccccc2)cc1.c1ccc(OP(Oc2ccccc2)Oc2ccccc2)cc1. The molecule has 0 bridgehead atoms. The molecule has 366 valence electrons. The third-order valence-corrected chi connectivity index (χ3v) is 9.03. The molecule has 0 unspecified atom stereocenters. The van der Waals surface area contributed by atoms with Crippen molar-refractivity contribution in [3.8, 4) is 34.5 Å². The van der Waals surface area contributed by atoms with E-state index >= 15 is 0 Å². The Hall–Kier alpha value is -4.53. The molecule has 0 saturated heterocycles. The molecule has 0 heterocycles. The Labute approximate surface area is 414 Å². The summed E-state index contributed by atoms with van der Waals surface area (Å²) in [5.41, 5.74) is 0. The van der Waals surface area contributed by atoms with Crippen LogP contribution in [-0.2, 0) is 19.5 Å². The molecule has 0 aliphatic heterocycles. The summed E-state index contributed by atoms with van der Waals surface area (Å²) in [5.74, 6) is 4.25. The van der Waals surface area contributed by atoms with Gasteiger partial charge in [-0.15, -0.1) is 30.7 Å². The minimum atomic E-state index is -4.94. The molecule has 0 fully saturated rings. The molecule has 0 radical (unpaired) electrons. The van der Waals surface area contributed by atoms with Crippen molar-refractivity contribution in [2.24, 2.45) is 0 Å². The third-order valence-electron chi connectivity index (χ3n) is 6.87. The number of benzene rings is 6. The van der Waals surface area contributed by atoms with Crippen molar-refractivity contribution >= 4 is 17.2 Å². The average Bonchev–Trinajstić information content (AvgIpc) is 3.24. The van der Waals surface area contributed by atoms with E-state index in [0.717, 1.165) is 0 Å². The van der Waals surface area contributed by atoms with E-state index in [1.54, 1.807) is 0 Å². The van der Waals surface area contributed by atoms with Gasteiger partial charge in [-0.2, -0.15) is 0 Å². The number of allylic oxidation sites excluding steroid dienone is 4. The topological polar surface area (TPSA) is 332 Å². The predicted octanol–water partition coefficient (Wildman–Crippen LogP) is -0.697. The van der Waals surface area contributed by atoms with Crippen LogP contribution in [0.25, 0.3) is 0 Å².